The number of aryl methyl sites for hydroxylation is 1. The first-order valence-electron chi connectivity index (χ1n) is 8.27. The molecular weight excluding hydrogens is 350 g/mol. The molecule has 5 nitrogen and oxygen atoms in total. The molecule has 0 heterocycles. The van der Waals surface area contributed by atoms with Gasteiger partial charge >= 0.3 is 5.97 Å². The van der Waals surface area contributed by atoms with Crippen LogP contribution in [0.5, 0.6) is 0 Å². The van der Waals surface area contributed by atoms with Gasteiger partial charge in [0.05, 0.1) is 11.3 Å². The Morgan fingerprint density at radius 3 is 2.46 bits per heavy atom. The lowest BCUT2D eigenvalue weighted by Crippen LogP contribution is -2.21. The molecule has 1 amide bonds. The molecule has 0 radical (unpaired) electrons. The van der Waals surface area contributed by atoms with Crippen molar-refractivity contribution in [3.05, 3.63) is 59.7 Å². The number of ketones is 1. The van der Waals surface area contributed by atoms with Crippen LogP contribution in [0.25, 0.3) is 0 Å². The molecule has 0 aliphatic rings. The van der Waals surface area contributed by atoms with E-state index in [0.29, 0.717) is 16.1 Å². The van der Waals surface area contributed by atoms with E-state index in [0.717, 1.165) is 12.0 Å². The maximum Gasteiger partial charge on any atom is 0.339 e. The highest BCUT2D eigenvalue weighted by molar-refractivity contribution is 8.00. The number of benzene rings is 2. The van der Waals surface area contributed by atoms with Gasteiger partial charge in [0, 0.05) is 10.6 Å². The van der Waals surface area contributed by atoms with Crippen molar-refractivity contribution in [2.75, 3.05) is 17.7 Å². The minimum atomic E-state index is -0.587. The molecular formula is C20H21NO4S. The lowest BCUT2D eigenvalue weighted by atomic mass is 10.1. The Morgan fingerprint density at radius 1 is 1.04 bits per heavy atom. The fourth-order valence-electron chi connectivity index (χ4n) is 2.29. The summed E-state index contributed by atoms with van der Waals surface area (Å²) in [5.74, 6) is -0.686. The van der Waals surface area contributed by atoms with Gasteiger partial charge in [-0.3, -0.25) is 9.59 Å². The fraction of sp³-hybridized carbons (Fsp3) is 0.250. The van der Waals surface area contributed by atoms with Crippen molar-refractivity contribution in [2.45, 2.75) is 25.2 Å². The predicted octanol–water partition coefficient (Wildman–Crippen LogP) is 3.73. The molecule has 0 atom stereocenters. The van der Waals surface area contributed by atoms with Gasteiger partial charge < -0.3 is 10.1 Å². The summed E-state index contributed by atoms with van der Waals surface area (Å²) in [4.78, 5) is 36.2. The molecule has 6 heteroatoms. The van der Waals surface area contributed by atoms with Crippen molar-refractivity contribution in [3.63, 3.8) is 0 Å². The van der Waals surface area contributed by atoms with E-state index < -0.39 is 11.9 Å². The van der Waals surface area contributed by atoms with E-state index in [1.165, 1.54) is 18.7 Å². The number of ether oxygens (including phenoxy) is 1. The van der Waals surface area contributed by atoms with Crippen LogP contribution in [0.2, 0.25) is 0 Å². The number of para-hydroxylation sites is 1. The largest absolute Gasteiger partial charge is 0.452 e. The number of Topliss-reactive ketones (excluding diaryl/α,β-unsaturated/α-hetero) is 1. The van der Waals surface area contributed by atoms with E-state index in [2.05, 4.69) is 5.32 Å². The average Bonchev–Trinajstić information content (AvgIpc) is 2.65. The van der Waals surface area contributed by atoms with Crippen LogP contribution in [0, 0.1) is 0 Å². The SMILES string of the molecule is CCc1ccccc1NC(=O)COC(=O)c1ccccc1SCC(C)=O. The number of carbonyl (C=O) groups excluding carboxylic acids is 3. The second kappa shape index (κ2) is 9.77. The maximum absolute atomic E-state index is 12.3. The van der Waals surface area contributed by atoms with E-state index >= 15 is 0 Å². The summed E-state index contributed by atoms with van der Waals surface area (Å²) < 4.78 is 5.13. The number of hydrogen-bond donors (Lipinski definition) is 1. The molecule has 0 aliphatic carbocycles. The zero-order valence-electron chi connectivity index (χ0n) is 14.8. The van der Waals surface area contributed by atoms with Crippen LogP contribution < -0.4 is 5.32 Å². The van der Waals surface area contributed by atoms with Crippen LogP contribution >= 0.6 is 11.8 Å². The van der Waals surface area contributed by atoms with Crippen molar-refractivity contribution < 1.29 is 19.1 Å². The Balaban J connectivity index is 1.96. The lowest BCUT2D eigenvalue weighted by molar-refractivity contribution is -0.119. The monoisotopic (exact) mass is 371 g/mol. The fourth-order valence-corrected chi connectivity index (χ4v) is 3.13. The number of hydrogen-bond acceptors (Lipinski definition) is 5. The number of thioether (sulfide) groups is 1. The van der Waals surface area contributed by atoms with Crippen molar-refractivity contribution in [1.29, 1.82) is 0 Å². The summed E-state index contributed by atoms with van der Waals surface area (Å²) in [6.07, 6.45) is 0.789. The van der Waals surface area contributed by atoms with E-state index in [1.54, 1.807) is 24.3 Å². The summed E-state index contributed by atoms with van der Waals surface area (Å²) >= 11 is 1.27. The summed E-state index contributed by atoms with van der Waals surface area (Å²) in [7, 11) is 0. The molecule has 0 fully saturated rings. The number of anilines is 1. The number of nitrogens with one attached hydrogen (secondary N) is 1. The molecule has 26 heavy (non-hydrogen) atoms. The van der Waals surface area contributed by atoms with E-state index in [1.807, 2.05) is 31.2 Å². The Kier molecular flexibility index (Phi) is 7.41. The smallest absolute Gasteiger partial charge is 0.339 e. The highest BCUT2D eigenvalue weighted by Crippen LogP contribution is 2.23. The zero-order chi connectivity index (χ0) is 18.9. The summed E-state index contributed by atoms with van der Waals surface area (Å²) in [5, 5.41) is 2.76. The quantitative estimate of drug-likeness (QED) is 0.565. The van der Waals surface area contributed by atoms with Crippen molar-refractivity contribution >= 4 is 35.1 Å². The van der Waals surface area contributed by atoms with Crippen molar-refractivity contribution in [1.82, 2.24) is 0 Å². The molecule has 136 valence electrons. The average molecular weight is 371 g/mol. The Bertz CT molecular complexity index is 804. The first-order valence-corrected chi connectivity index (χ1v) is 9.26. The topological polar surface area (TPSA) is 72.5 Å². The second-order valence-electron chi connectivity index (χ2n) is 5.62. The number of carbonyl (C=O) groups is 3. The molecule has 0 aromatic heterocycles. The van der Waals surface area contributed by atoms with Gasteiger partial charge in [-0.15, -0.1) is 11.8 Å². The molecule has 2 rings (SSSR count). The summed E-state index contributed by atoms with van der Waals surface area (Å²) in [5.41, 5.74) is 2.08. The van der Waals surface area contributed by atoms with Gasteiger partial charge in [0.1, 0.15) is 5.78 Å². The van der Waals surface area contributed by atoms with Crippen molar-refractivity contribution in [3.8, 4) is 0 Å². The predicted molar refractivity (Wildman–Crippen MR) is 103 cm³/mol. The van der Waals surface area contributed by atoms with Gasteiger partial charge in [-0.25, -0.2) is 4.79 Å². The van der Waals surface area contributed by atoms with Crippen LogP contribution in [0.3, 0.4) is 0 Å². The molecule has 0 unspecified atom stereocenters. The first-order chi connectivity index (χ1) is 12.5. The van der Waals surface area contributed by atoms with E-state index in [9.17, 15) is 14.4 Å². The lowest BCUT2D eigenvalue weighted by Gasteiger charge is -2.11. The Labute approximate surface area is 157 Å². The highest BCUT2D eigenvalue weighted by Gasteiger charge is 2.15. The Hall–Kier alpha value is -2.60. The third-order valence-electron chi connectivity index (χ3n) is 3.54. The molecule has 0 bridgehead atoms. The molecule has 0 saturated heterocycles. The normalized spacial score (nSPS) is 10.2. The van der Waals surface area contributed by atoms with E-state index in [-0.39, 0.29) is 18.1 Å². The molecule has 2 aromatic carbocycles. The van der Waals surface area contributed by atoms with Crippen LogP contribution in [0.4, 0.5) is 5.69 Å². The van der Waals surface area contributed by atoms with Gasteiger partial charge in [0.15, 0.2) is 6.61 Å². The highest BCUT2D eigenvalue weighted by atomic mass is 32.2. The molecule has 2 aromatic rings. The van der Waals surface area contributed by atoms with E-state index in [4.69, 9.17) is 4.74 Å². The maximum atomic E-state index is 12.3. The minimum absolute atomic E-state index is 0.0205. The Morgan fingerprint density at radius 2 is 1.73 bits per heavy atom. The van der Waals surface area contributed by atoms with Crippen LogP contribution in [-0.2, 0) is 20.7 Å². The van der Waals surface area contributed by atoms with Gasteiger partial charge in [-0.1, -0.05) is 37.3 Å². The van der Waals surface area contributed by atoms with Crippen LogP contribution in [0.1, 0.15) is 29.8 Å². The van der Waals surface area contributed by atoms with Crippen molar-refractivity contribution in [2.24, 2.45) is 0 Å². The minimum Gasteiger partial charge on any atom is -0.452 e. The third-order valence-corrected chi connectivity index (χ3v) is 4.76. The first kappa shape index (κ1) is 19.7. The number of amides is 1. The molecule has 0 saturated carbocycles. The third kappa shape index (κ3) is 5.74. The molecule has 0 spiro atoms. The number of esters is 1. The summed E-state index contributed by atoms with van der Waals surface area (Å²) in [6.45, 7) is 3.12. The van der Waals surface area contributed by atoms with Gasteiger partial charge in [0.25, 0.3) is 5.91 Å². The van der Waals surface area contributed by atoms with Gasteiger partial charge in [0.2, 0.25) is 0 Å². The van der Waals surface area contributed by atoms with Crippen LogP contribution in [0.15, 0.2) is 53.4 Å². The summed E-state index contributed by atoms with van der Waals surface area (Å²) in [6, 6.07) is 14.4. The molecule has 0 aliphatic heterocycles. The van der Waals surface area contributed by atoms with Gasteiger partial charge in [-0.05, 0) is 37.1 Å². The standard InChI is InChI=1S/C20H21NO4S/c1-3-15-8-4-6-10-17(15)21-19(23)12-25-20(24)16-9-5-7-11-18(16)26-13-14(2)22/h4-11H,3,12-13H2,1-2H3,(H,21,23). The van der Waals surface area contributed by atoms with Gasteiger partial charge in [-0.2, -0.15) is 0 Å². The second-order valence-corrected chi connectivity index (χ2v) is 6.64. The number of rotatable bonds is 8. The zero-order valence-corrected chi connectivity index (χ0v) is 15.6. The van der Waals surface area contributed by atoms with Crippen LogP contribution in [-0.4, -0.2) is 30.0 Å². The molecule has 1 N–H and O–H groups in total.